The number of para-hydroxylation sites is 1. The number of halogens is 1. The average molecular weight is 564 g/mol. The number of carbonyl (C=O) groups is 2. The monoisotopic (exact) mass is 563 g/mol. The Morgan fingerprint density at radius 1 is 0.929 bits per heavy atom. The first-order chi connectivity index (χ1) is 20.5. The van der Waals surface area contributed by atoms with E-state index >= 15 is 0 Å². The molecule has 0 saturated heterocycles. The van der Waals surface area contributed by atoms with Crippen LogP contribution in [0, 0.1) is 5.82 Å². The van der Waals surface area contributed by atoms with Crippen LogP contribution in [0.3, 0.4) is 0 Å². The van der Waals surface area contributed by atoms with Crippen molar-refractivity contribution in [3.8, 4) is 5.75 Å². The molecular weight excluding hydrogens is 533 g/mol. The molecule has 4 aromatic carbocycles. The molecule has 7 nitrogen and oxygen atoms in total. The zero-order valence-electron chi connectivity index (χ0n) is 22.8. The van der Waals surface area contributed by atoms with Crippen LogP contribution < -0.4 is 21.1 Å². The van der Waals surface area contributed by atoms with Crippen LogP contribution in [-0.2, 0) is 5.54 Å². The van der Waals surface area contributed by atoms with Gasteiger partial charge in [0.2, 0.25) is 0 Å². The maximum Gasteiger partial charge on any atom is 0.255 e. The standard InChI is InChI=1S/C34H30FN3O4/c35-25-13-10-22(11-14-25)31(37-33(40)28-21-42-29-9-5-4-8-26(28)29)27-20-23(12-15-30(27)41-19-18-36)32(39)38-34(16-17-34)24-6-2-1-3-7-24/h1-15,20-21,31H,16-19,36H2,(H,37,40)(H,38,39). The molecule has 1 aliphatic carbocycles. The molecule has 1 saturated carbocycles. The Kier molecular flexibility index (Phi) is 7.46. The Hall–Kier alpha value is -4.95. The fourth-order valence-corrected chi connectivity index (χ4v) is 5.23. The van der Waals surface area contributed by atoms with Crippen LogP contribution in [0.2, 0.25) is 0 Å². The van der Waals surface area contributed by atoms with E-state index in [0.717, 1.165) is 18.4 Å². The highest BCUT2D eigenvalue weighted by Gasteiger charge is 2.45. The van der Waals surface area contributed by atoms with Gasteiger partial charge in [-0.25, -0.2) is 4.39 Å². The Labute approximate surface area is 242 Å². The molecule has 6 rings (SSSR count). The lowest BCUT2D eigenvalue weighted by Crippen LogP contribution is -2.35. The van der Waals surface area contributed by atoms with Crippen molar-refractivity contribution in [1.29, 1.82) is 0 Å². The molecule has 1 aromatic heterocycles. The Morgan fingerprint density at radius 2 is 1.67 bits per heavy atom. The molecule has 0 spiro atoms. The molecule has 4 N–H and O–H groups in total. The van der Waals surface area contributed by atoms with Crippen molar-refractivity contribution in [3.63, 3.8) is 0 Å². The van der Waals surface area contributed by atoms with Gasteiger partial charge in [-0.05, 0) is 60.4 Å². The first kappa shape index (κ1) is 27.2. The number of furan rings is 1. The molecule has 0 radical (unpaired) electrons. The lowest BCUT2D eigenvalue weighted by atomic mass is 9.95. The molecule has 8 heteroatoms. The number of nitrogens with one attached hydrogen (secondary N) is 2. The van der Waals surface area contributed by atoms with Gasteiger partial charge in [0.25, 0.3) is 11.8 Å². The number of carbonyl (C=O) groups excluding carboxylic acids is 2. The minimum absolute atomic E-state index is 0.228. The molecule has 1 unspecified atom stereocenters. The third-order valence-electron chi connectivity index (χ3n) is 7.59. The van der Waals surface area contributed by atoms with Crippen molar-refractivity contribution in [1.82, 2.24) is 10.6 Å². The second-order valence-electron chi connectivity index (χ2n) is 10.4. The molecule has 0 aliphatic heterocycles. The van der Waals surface area contributed by atoms with E-state index in [1.54, 1.807) is 36.4 Å². The first-order valence-corrected chi connectivity index (χ1v) is 13.8. The number of amides is 2. The number of hydrogen-bond donors (Lipinski definition) is 3. The predicted molar refractivity (Wildman–Crippen MR) is 158 cm³/mol. The second-order valence-corrected chi connectivity index (χ2v) is 10.4. The molecule has 1 fully saturated rings. The largest absolute Gasteiger partial charge is 0.492 e. The van der Waals surface area contributed by atoms with Gasteiger partial charge < -0.3 is 25.5 Å². The third-order valence-corrected chi connectivity index (χ3v) is 7.59. The quantitative estimate of drug-likeness (QED) is 0.198. The summed E-state index contributed by atoms with van der Waals surface area (Å²) in [7, 11) is 0. The van der Waals surface area contributed by atoms with Crippen molar-refractivity contribution in [2.45, 2.75) is 24.4 Å². The van der Waals surface area contributed by atoms with Gasteiger partial charge in [-0.2, -0.15) is 0 Å². The van der Waals surface area contributed by atoms with Crippen LogP contribution in [-0.4, -0.2) is 25.0 Å². The van der Waals surface area contributed by atoms with Gasteiger partial charge in [0.1, 0.15) is 30.0 Å². The summed E-state index contributed by atoms with van der Waals surface area (Å²) in [5.41, 5.74) is 8.87. The lowest BCUT2D eigenvalue weighted by Gasteiger charge is -2.24. The minimum atomic E-state index is -0.781. The molecule has 212 valence electrons. The van der Waals surface area contributed by atoms with Crippen LogP contribution >= 0.6 is 0 Å². The van der Waals surface area contributed by atoms with E-state index in [-0.39, 0.29) is 19.1 Å². The molecule has 1 aliphatic rings. The topological polar surface area (TPSA) is 107 Å². The highest BCUT2D eigenvalue weighted by atomic mass is 19.1. The fourth-order valence-electron chi connectivity index (χ4n) is 5.23. The summed E-state index contributed by atoms with van der Waals surface area (Å²) in [6, 6.07) is 27.3. The Balaban J connectivity index is 1.38. The zero-order valence-corrected chi connectivity index (χ0v) is 22.8. The van der Waals surface area contributed by atoms with Gasteiger partial charge in [-0.3, -0.25) is 9.59 Å². The van der Waals surface area contributed by atoms with Crippen LogP contribution in [0.15, 0.2) is 108 Å². The summed E-state index contributed by atoms with van der Waals surface area (Å²) in [6.45, 7) is 0.502. The summed E-state index contributed by atoms with van der Waals surface area (Å²) >= 11 is 0. The number of hydrogen-bond acceptors (Lipinski definition) is 5. The van der Waals surface area contributed by atoms with E-state index in [2.05, 4.69) is 10.6 Å². The second kappa shape index (κ2) is 11.5. The van der Waals surface area contributed by atoms with E-state index in [0.29, 0.717) is 39.0 Å². The van der Waals surface area contributed by atoms with Crippen molar-refractivity contribution in [3.05, 3.63) is 137 Å². The maximum atomic E-state index is 13.9. The molecule has 5 aromatic rings. The average Bonchev–Trinajstić information content (AvgIpc) is 3.68. The van der Waals surface area contributed by atoms with Crippen LogP contribution in [0.4, 0.5) is 4.39 Å². The molecule has 1 heterocycles. The van der Waals surface area contributed by atoms with E-state index < -0.39 is 23.3 Å². The number of ether oxygens (including phenoxy) is 1. The summed E-state index contributed by atoms with van der Waals surface area (Å²) in [5.74, 6) is -0.594. The van der Waals surface area contributed by atoms with E-state index in [9.17, 15) is 14.0 Å². The molecule has 42 heavy (non-hydrogen) atoms. The number of rotatable bonds is 10. The Morgan fingerprint density at radius 3 is 2.40 bits per heavy atom. The van der Waals surface area contributed by atoms with Gasteiger partial charge in [-0.1, -0.05) is 60.7 Å². The van der Waals surface area contributed by atoms with Crippen LogP contribution in [0.1, 0.15) is 56.3 Å². The van der Waals surface area contributed by atoms with Gasteiger partial charge in [-0.15, -0.1) is 0 Å². The van der Waals surface area contributed by atoms with Crippen molar-refractivity contribution in [2.24, 2.45) is 5.73 Å². The molecule has 1 atom stereocenters. The Bertz CT molecular complexity index is 1730. The zero-order chi connectivity index (χ0) is 29.1. The molecular formula is C34H30FN3O4. The van der Waals surface area contributed by atoms with Crippen molar-refractivity contribution in [2.75, 3.05) is 13.2 Å². The summed E-state index contributed by atoms with van der Waals surface area (Å²) < 4.78 is 25.5. The molecule has 2 amide bonds. The van der Waals surface area contributed by atoms with Crippen LogP contribution in [0.5, 0.6) is 5.75 Å². The van der Waals surface area contributed by atoms with E-state index in [4.69, 9.17) is 14.9 Å². The van der Waals surface area contributed by atoms with E-state index in [1.807, 2.05) is 48.5 Å². The fraction of sp³-hybridized carbons (Fsp3) is 0.176. The smallest absolute Gasteiger partial charge is 0.255 e. The molecule has 0 bridgehead atoms. The van der Waals surface area contributed by atoms with Crippen molar-refractivity contribution >= 4 is 22.8 Å². The van der Waals surface area contributed by atoms with E-state index in [1.165, 1.54) is 18.4 Å². The summed E-state index contributed by atoms with van der Waals surface area (Å²) in [4.78, 5) is 27.2. The highest BCUT2D eigenvalue weighted by Crippen LogP contribution is 2.45. The summed E-state index contributed by atoms with van der Waals surface area (Å²) in [6.07, 6.45) is 3.11. The number of fused-ring (bicyclic) bond motifs is 1. The number of nitrogens with two attached hydrogens (primary N) is 1. The minimum Gasteiger partial charge on any atom is -0.492 e. The van der Waals surface area contributed by atoms with Gasteiger partial charge in [0.05, 0.1) is 17.1 Å². The number of benzene rings is 4. The van der Waals surface area contributed by atoms with Gasteiger partial charge >= 0.3 is 0 Å². The highest BCUT2D eigenvalue weighted by molar-refractivity contribution is 6.06. The SMILES string of the molecule is NCCOc1ccc(C(=O)NC2(c3ccccc3)CC2)cc1C(NC(=O)c1coc2ccccc12)c1ccc(F)cc1. The lowest BCUT2D eigenvalue weighted by molar-refractivity contribution is 0.0928. The summed E-state index contributed by atoms with van der Waals surface area (Å²) in [5, 5.41) is 6.94. The predicted octanol–water partition coefficient (Wildman–Crippen LogP) is 5.85. The third kappa shape index (κ3) is 5.49. The van der Waals surface area contributed by atoms with Crippen molar-refractivity contribution < 1.29 is 23.1 Å². The van der Waals surface area contributed by atoms with Gasteiger partial charge in [0.15, 0.2) is 0 Å². The van der Waals surface area contributed by atoms with Gasteiger partial charge in [0, 0.05) is 23.1 Å². The van der Waals surface area contributed by atoms with Crippen LogP contribution in [0.25, 0.3) is 11.0 Å². The maximum absolute atomic E-state index is 13.9. The first-order valence-electron chi connectivity index (χ1n) is 13.8. The normalized spacial score (nSPS) is 14.2.